The van der Waals surface area contributed by atoms with Gasteiger partial charge in [-0.2, -0.15) is 11.8 Å². The highest BCUT2D eigenvalue weighted by Crippen LogP contribution is 2.24. The number of methoxy groups -OCH3 is 1. The van der Waals surface area contributed by atoms with E-state index in [9.17, 15) is 4.79 Å². The molecule has 1 saturated heterocycles. The average molecular weight is 299 g/mol. The number of carbonyl (C=O) groups excluding carboxylic acids is 1. The number of nitrogens with one attached hydrogen (secondary N) is 1. The van der Waals surface area contributed by atoms with Crippen molar-refractivity contribution in [2.45, 2.75) is 37.5 Å². The van der Waals surface area contributed by atoms with Crippen molar-refractivity contribution in [2.75, 3.05) is 19.4 Å². The van der Waals surface area contributed by atoms with Crippen molar-refractivity contribution < 1.29 is 9.53 Å². The molecule has 2 heterocycles. The topological polar surface area (TPSA) is 38.3 Å². The van der Waals surface area contributed by atoms with Crippen LogP contribution in [0.15, 0.2) is 12.1 Å². The third-order valence-corrected chi connectivity index (χ3v) is 5.69. The molecule has 0 aliphatic carbocycles. The van der Waals surface area contributed by atoms with E-state index in [2.05, 4.69) is 27.9 Å². The molecule has 1 aliphatic heterocycles. The van der Waals surface area contributed by atoms with Crippen LogP contribution in [0.5, 0.6) is 0 Å². The van der Waals surface area contributed by atoms with Crippen molar-refractivity contribution in [2.24, 2.45) is 0 Å². The highest BCUT2D eigenvalue weighted by molar-refractivity contribution is 7.99. The Balaban J connectivity index is 1.69. The van der Waals surface area contributed by atoms with Crippen LogP contribution in [0.1, 0.15) is 29.0 Å². The summed E-state index contributed by atoms with van der Waals surface area (Å²) in [5, 5.41) is 4.31. The van der Waals surface area contributed by atoms with Crippen LogP contribution in [0.25, 0.3) is 0 Å². The van der Waals surface area contributed by atoms with Crippen LogP contribution < -0.4 is 5.32 Å². The summed E-state index contributed by atoms with van der Waals surface area (Å²) >= 11 is 3.79. The molecule has 1 aromatic rings. The molecule has 3 nitrogen and oxygen atoms in total. The molecule has 0 aromatic carbocycles. The van der Waals surface area contributed by atoms with E-state index in [1.165, 1.54) is 37.0 Å². The lowest BCUT2D eigenvalue weighted by Gasteiger charge is -2.21. The largest absolute Gasteiger partial charge is 0.469 e. The Morgan fingerprint density at radius 1 is 1.42 bits per heavy atom. The van der Waals surface area contributed by atoms with Gasteiger partial charge in [0.05, 0.1) is 13.5 Å². The van der Waals surface area contributed by atoms with Crippen molar-refractivity contribution in [1.82, 2.24) is 5.32 Å². The first-order valence-electron chi connectivity index (χ1n) is 6.74. The summed E-state index contributed by atoms with van der Waals surface area (Å²) in [6, 6.07) is 4.12. The number of ether oxygens (including phenoxy) is 1. The summed E-state index contributed by atoms with van der Waals surface area (Å²) in [5.74, 6) is 1.15. The first kappa shape index (κ1) is 14.9. The van der Waals surface area contributed by atoms with E-state index in [0.717, 1.165) is 23.2 Å². The number of hydrogen-bond donors (Lipinski definition) is 1. The molecule has 5 heteroatoms. The van der Waals surface area contributed by atoms with Crippen molar-refractivity contribution >= 4 is 29.1 Å². The zero-order valence-corrected chi connectivity index (χ0v) is 12.9. The van der Waals surface area contributed by atoms with Gasteiger partial charge in [-0.3, -0.25) is 4.79 Å². The summed E-state index contributed by atoms with van der Waals surface area (Å²) in [4.78, 5) is 13.5. The van der Waals surface area contributed by atoms with Gasteiger partial charge in [0.15, 0.2) is 0 Å². The Hall–Kier alpha value is -0.520. The van der Waals surface area contributed by atoms with Gasteiger partial charge in [-0.25, -0.2) is 0 Å². The smallest absolute Gasteiger partial charge is 0.310 e. The van der Waals surface area contributed by atoms with E-state index < -0.39 is 0 Å². The van der Waals surface area contributed by atoms with E-state index in [0.29, 0.717) is 6.42 Å². The molecule has 0 bridgehead atoms. The third kappa shape index (κ3) is 5.16. The Labute approximate surface area is 123 Å². The van der Waals surface area contributed by atoms with Crippen molar-refractivity contribution in [3.8, 4) is 0 Å². The second-order valence-corrected chi connectivity index (χ2v) is 7.40. The van der Waals surface area contributed by atoms with E-state index >= 15 is 0 Å². The van der Waals surface area contributed by atoms with Crippen molar-refractivity contribution in [1.29, 1.82) is 0 Å². The molecule has 0 radical (unpaired) electrons. The molecule has 2 rings (SSSR count). The van der Waals surface area contributed by atoms with Gasteiger partial charge < -0.3 is 10.1 Å². The van der Waals surface area contributed by atoms with Crippen LogP contribution in [0.3, 0.4) is 0 Å². The average Bonchev–Trinajstić information content (AvgIpc) is 2.87. The fourth-order valence-electron chi connectivity index (χ4n) is 2.15. The maximum Gasteiger partial charge on any atom is 0.310 e. The standard InChI is InChI=1S/C14H21NO2S2/c1-17-14(16)8-11-5-6-13(19-11)10-15-9-12-4-2-3-7-18-12/h5-6,12,15H,2-4,7-10H2,1H3. The molecule has 1 aliphatic rings. The Morgan fingerprint density at radius 3 is 3.00 bits per heavy atom. The molecule has 106 valence electrons. The molecule has 1 atom stereocenters. The second-order valence-electron chi connectivity index (χ2n) is 4.74. The van der Waals surface area contributed by atoms with E-state index in [4.69, 9.17) is 0 Å². The highest BCUT2D eigenvalue weighted by Gasteiger charge is 2.13. The molecule has 1 N–H and O–H groups in total. The monoisotopic (exact) mass is 299 g/mol. The molecule has 19 heavy (non-hydrogen) atoms. The first-order chi connectivity index (χ1) is 9.28. The van der Waals surface area contributed by atoms with Gasteiger partial charge in [0.2, 0.25) is 0 Å². The molecule has 1 fully saturated rings. The third-order valence-electron chi connectivity index (χ3n) is 3.21. The van der Waals surface area contributed by atoms with Crippen LogP contribution in [0.2, 0.25) is 0 Å². The van der Waals surface area contributed by atoms with Gasteiger partial charge in [-0.1, -0.05) is 6.42 Å². The number of hydrogen-bond acceptors (Lipinski definition) is 5. The van der Waals surface area contributed by atoms with Gasteiger partial charge in [0, 0.05) is 28.1 Å². The number of rotatable bonds is 6. The zero-order chi connectivity index (χ0) is 13.5. The molecule has 1 aromatic heterocycles. The second kappa shape index (κ2) is 7.92. The van der Waals surface area contributed by atoms with Gasteiger partial charge in [-0.05, 0) is 30.7 Å². The fourth-order valence-corrected chi connectivity index (χ4v) is 4.40. The SMILES string of the molecule is COC(=O)Cc1ccc(CNCC2CCCCS2)s1. The van der Waals surface area contributed by atoms with Gasteiger partial charge >= 0.3 is 5.97 Å². The predicted octanol–water partition coefficient (Wildman–Crippen LogP) is 2.84. The lowest BCUT2D eigenvalue weighted by atomic mass is 10.2. The van der Waals surface area contributed by atoms with Gasteiger partial charge in [0.1, 0.15) is 0 Å². The minimum atomic E-state index is -0.167. The molecule has 1 unspecified atom stereocenters. The lowest BCUT2D eigenvalue weighted by molar-refractivity contribution is -0.139. The first-order valence-corrected chi connectivity index (χ1v) is 8.61. The number of carbonyl (C=O) groups is 1. The van der Waals surface area contributed by atoms with Crippen LogP contribution in [-0.2, 0) is 22.5 Å². The lowest BCUT2D eigenvalue weighted by Crippen LogP contribution is -2.26. The molecular weight excluding hydrogens is 278 g/mol. The van der Waals surface area contributed by atoms with Crippen LogP contribution in [-0.4, -0.2) is 30.6 Å². The van der Waals surface area contributed by atoms with Crippen LogP contribution in [0, 0.1) is 0 Å². The van der Waals surface area contributed by atoms with E-state index in [1.807, 2.05) is 6.07 Å². The highest BCUT2D eigenvalue weighted by atomic mass is 32.2. The molecule has 0 amide bonds. The van der Waals surface area contributed by atoms with Crippen LogP contribution >= 0.6 is 23.1 Å². The van der Waals surface area contributed by atoms with Crippen molar-refractivity contribution in [3.05, 3.63) is 21.9 Å². The molecule has 0 spiro atoms. The summed E-state index contributed by atoms with van der Waals surface area (Å²) in [6.45, 7) is 2.00. The quantitative estimate of drug-likeness (QED) is 0.820. The maximum atomic E-state index is 11.2. The van der Waals surface area contributed by atoms with E-state index in [-0.39, 0.29) is 5.97 Å². The minimum Gasteiger partial charge on any atom is -0.469 e. The van der Waals surface area contributed by atoms with E-state index in [1.54, 1.807) is 11.3 Å². The Kier molecular flexibility index (Phi) is 6.20. The number of esters is 1. The Bertz CT molecular complexity index is 400. The van der Waals surface area contributed by atoms with Crippen molar-refractivity contribution in [3.63, 3.8) is 0 Å². The molecular formula is C14H21NO2S2. The number of thioether (sulfide) groups is 1. The summed E-state index contributed by atoms with van der Waals surface area (Å²) < 4.78 is 4.67. The maximum absolute atomic E-state index is 11.2. The normalized spacial score (nSPS) is 19.3. The summed E-state index contributed by atoms with van der Waals surface area (Å²) in [5.41, 5.74) is 0. The minimum absolute atomic E-state index is 0.167. The summed E-state index contributed by atoms with van der Waals surface area (Å²) in [6.07, 6.45) is 4.49. The van der Waals surface area contributed by atoms with Gasteiger partial charge in [-0.15, -0.1) is 11.3 Å². The zero-order valence-electron chi connectivity index (χ0n) is 11.3. The molecule has 0 saturated carbocycles. The Morgan fingerprint density at radius 2 is 2.26 bits per heavy atom. The number of thiophene rings is 1. The van der Waals surface area contributed by atoms with Crippen LogP contribution in [0.4, 0.5) is 0 Å². The fraction of sp³-hybridized carbons (Fsp3) is 0.643. The predicted molar refractivity (Wildman–Crippen MR) is 81.8 cm³/mol. The summed E-state index contributed by atoms with van der Waals surface area (Å²) in [7, 11) is 1.43. The van der Waals surface area contributed by atoms with Gasteiger partial charge in [0.25, 0.3) is 0 Å².